The third-order valence-corrected chi connectivity index (χ3v) is 4.58. The molecule has 0 amide bonds. The molecule has 0 saturated carbocycles. The second kappa shape index (κ2) is 5.21. The van der Waals surface area contributed by atoms with Gasteiger partial charge in [-0.05, 0) is 42.5 Å². The van der Waals surface area contributed by atoms with Crippen LogP contribution in [0.5, 0.6) is 0 Å². The highest BCUT2D eigenvalue weighted by molar-refractivity contribution is 5.79. The Balaban J connectivity index is 1.46. The zero-order valence-corrected chi connectivity index (χ0v) is 14.0. The van der Waals surface area contributed by atoms with Crippen LogP contribution in [0.2, 0.25) is 0 Å². The molecule has 8 nitrogen and oxygen atoms in total. The Bertz CT molecular complexity index is 1410. The van der Waals surface area contributed by atoms with Crippen molar-refractivity contribution < 1.29 is 0 Å². The van der Waals surface area contributed by atoms with Crippen LogP contribution in [0, 0.1) is 0 Å². The van der Waals surface area contributed by atoms with Crippen molar-refractivity contribution in [1.82, 2.24) is 39.4 Å². The molecule has 0 spiro atoms. The van der Waals surface area contributed by atoms with Gasteiger partial charge in [0.05, 0.1) is 11.2 Å². The molecule has 1 aromatic carbocycles. The Kier molecular flexibility index (Phi) is 2.73. The maximum absolute atomic E-state index is 4.67. The van der Waals surface area contributed by atoms with Crippen molar-refractivity contribution in [2.24, 2.45) is 0 Å². The van der Waals surface area contributed by atoms with Gasteiger partial charge in [0, 0.05) is 29.7 Å². The van der Waals surface area contributed by atoms with Crippen LogP contribution < -0.4 is 0 Å². The summed E-state index contributed by atoms with van der Waals surface area (Å²) in [6, 6.07) is 15.7. The van der Waals surface area contributed by atoms with E-state index in [-0.39, 0.29) is 0 Å². The average Bonchev–Trinajstić information content (AvgIpc) is 3.42. The fourth-order valence-electron chi connectivity index (χ4n) is 3.22. The number of benzene rings is 1. The predicted molar refractivity (Wildman–Crippen MR) is 100 cm³/mol. The minimum Gasteiger partial charge on any atom is -0.306 e. The molecule has 6 rings (SSSR count). The summed E-state index contributed by atoms with van der Waals surface area (Å²) in [6.45, 7) is 0. The second-order valence-corrected chi connectivity index (χ2v) is 6.29. The van der Waals surface area contributed by atoms with Gasteiger partial charge in [0.15, 0.2) is 11.5 Å². The number of hydrogen-bond donors (Lipinski definition) is 1. The van der Waals surface area contributed by atoms with Gasteiger partial charge < -0.3 is 4.40 Å². The van der Waals surface area contributed by atoms with Crippen molar-refractivity contribution in [2.45, 2.75) is 0 Å². The van der Waals surface area contributed by atoms with E-state index in [9.17, 15) is 0 Å². The molecule has 1 N–H and O–H groups in total. The fourth-order valence-corrected chi connectivity index (χ4v) is 3.22. The Labute approximate surface area is 152 Å². The molecule has 5 heterocycles. The van der Waals surface area contributed by atoms with Gasteiger partial charge in [-0.15, -0.1) is 10.2 Å². The number of aromatic amines is 1. The van der Waals surface area contributed by atoms with Crippen LogP contribution in [0.4, 0.5) is 0 Å². The number of H-pyrrole nitrogens is 1. The Hall–Kier alpha value is -4.07. The molecular formula is C19H12N8. The Morgan fingerprint density at radius 1 is 0.852 bits per heavy atom. The summed E-state index contributed by atoms with van der Waals surface area (Å²) in [5.74, 6) is 0.645. The van der Waals surface area contributed by atoms with Gasteiger partial charge in [0.25, 0.3) is 0 Å². The summed E-state index contributed by atoms with van der Waals surface area (Å²) in [7, 11) is 0. The number of hydrogen-bond acceptors (Lipinski definition) is 5. The van der Waals surface area contributed by atoms with Crippen molar-refractivity contribution in [3.05, 3.63) is 67.1 Å². The second-order valence-electron chi connectivity index (χ2n) is 6.29. The van der Waals surface area contributed by atoms with Gasteiger partial charge in [-0.3, -0.25) is 5.10 Å². The molecule has 5 aromatic heterocycles. The molecule has 6 aromatic rings. The third kappa shape index (κ3) is 2.20. The van der Waals surface area contributed by atoms with Crippen LogP contribution >= 0.6 is 0 Å². The van der Waals surface area contributed by atoms with E-state index in [1.54, 1.807) is 4.52 Å². The minimum absolute atomic E-state index is 0.645. The average molecular weight is 352 g/mol. The number of fused-ring (bicyclic) bond motifs is 3. The van der Waals surface area contributed by atoms with E-state index in [4.69, 9.17) is 0 Å². The van der Waals surface area contributed by atoms with E-state index in [1.807, 2.05) is 71.5 Å². The smallest absolute Gasteiger partial charge is 0.182 e. The van der Waals surface area contributed by atoms with E-state index in [0.717, 1.165) is 39.1 Å². The Morgan fingerprint density at radius 3 is 2.81 bits per heavy atom. The maximum Gasteiger partial charge on any atom is 0.182 e. The largest absolute Gasteiger partial charge is 0.306 e. The van der Waals surface area contributed by atoms with E-state index >= 15 is 0 Å². The highest BCUT2D eigenvalue weighted by Crippen LogP contribution is 2.23. The van der Waals surface area contributed by atoms with Gasteiger partial charge in [-0.25, -0.2) is 14.5 Å². The zero-order chi connectivity index (χ0) is 17.8. The van der Waals surface area contributed by atoms with Crippen molar-refractivity contribution in [1.29, 1.82) is 0 Å². The minimum atomic E-state index is 0.645. The number of aromatic nitrogens is 8. The topological polar surface area (TPSA) is 89.1 Å². The number of rotatable bonds is 2. The van der Waals surface area contributed by atoms with E-state index in [0.29, 0.717) is 5.82 Å². The first-order chi connectivity index (χ1) is 13.3. The summed E-state index contributed by atoms with van der Waals surface area (Å²) < 4.78 is 3.77. The van der Waals surface area contributed by atoms with E-state index in [1.165, 1.54) is 0 Å². The molecule has 0 aliphatic rings. The van der Waals surface area contributed by atoms with Crippen LogP contribution in [0.3, 0.4) is 0 Å². The molecule has 0 aliphatic heterocycles. The number of pyridine rings is 2. The highest BCUT2D eigenvalue weighted by Gasteiger charge is 2.11. The van der Waals surface area contributed by atoms with Gasteiger partial charge in [-0.2, -0.15) is 0 Å². The molecule has 0 unspecified atom stereocenters. The SMILES string of the molecule is c1ccn2cc(-c3ccn4nc(-c5ccc6[nH]nnc6c5)nc4c3)nc2c1. The van der Waals surface area contributed by atoms with Crippen LogP contribution in [-0.2, 0) is 0 Å². The monoisotopic (exact) mass is 352 g/mol. The third-order valence-electron chi connectivity index (χ3n) is 4.58. The summed E-state index contributed by atoms with van der Waals surface area (Å²) in [5, 5.41) is 15.3. The molecular weight excluding hydrogens is 340 g/mol. The van der Waals surface area contributed by atoms with Crippen molar-refractivity contribution in [3.8, 4) is 22.6 Å². The number of nitrogens with one attached hydrogen (secondary N) is 1. The summed E-state index contributed by atoms with van der Waals surface area (Å²) in [5.41, 5.74) is 6.15. The zero-order valence-electron chi connectivity index (χ0n) is 14.0. The lowest BCUT2D eigenvalue weighted by molar-refractivity contribution is 0.959. The quantitative estimate of drug-likeness (QED) is 0.517. The standard InChI is InChI=1S/C19H12N8/c1-2-7-26-11-16(20-17(26)3-1)12-6-8-27-18(10-12)21-19(24-27)13-4-5-14-15(9-13)23-25-22-14/h1-11H,(H,22,23,25). The lowest BCUT2D eigenvalue weighted by Gasteiger charge is -1.96. The Morgan fingerprint density at radius 2 is 1.85 bits per heavy atom. The van der Waals surface area contributed by atoms with E-state index in [2.05, 4.69) is 30.5 Å². The molecule has 0 bridgehead atoms. The van der Waals surface area contributed by atoms with Gasteiger partial charge in [-0.1, -0.05) is 11.3 Å². The molecule has 0 aliphatic carbocycles. The van der Waals surface area contributed by atoms with Crippen LogP contribution in [0.15, 0.2) is 67.1 Å². The molecule has 0 atom stereocenters. The van der Waals surface area contributed by atoms with Crippen LogP contribution in [0.25, 0.3) is 45.0 Å². The molecule has 128 valence electrons. The van der Waals surface area contributed by atoms with Gasteiger partial charge >= 0.3 is 0 Å². The fraction of sp³-hybridized carbons (Fsp3) is 0. The molecule has 27 heavy (non-hydrogen) atoms. The maximum atomic E-state index is 4.67. The first-order valence-electron chi connectivity index (χ1n) is 8.45. The van der Waals surface area contributed by atoms with Crippen molar-refractivity contribution in [3.63, 3.8) is 0 Å². The predicted octanol–water partition coefficient (Wildman–Crippen LogP) is 2.98. The normalized spacial score (nSPS) is 11.7. The summed E-state index contributed by atoms with van der Waals surface area (Å²) >= 11 is 0. The lowest BCUT2D eigenvalue weighted by atomic mass is 10.2. The van der Waals surface area contributed by atoms with Crippen LogP contribution in [-0.4, -0.2) is 39.4 Å². The van der Waals surface area contributed by atoms with E-state index < -0.39 is 0 Å². The molecule has 0 radical (unpaired) electrons. The van der Waals surface area contributed by atoms with Gasteiger partial charge in [0.2, 0.25) is 0 Å². The first kappa shape index (κ1) is 14.1. The molecule has 0 saturated heterocycles. The highest BCUT2D eigenvalue weighted by atomic mass is 15.3. The van der Waals surface area contributed by atoms with Gasteiger partial charge in [0.1, 0.15) is 11.2 Å². The number of imidazole rings is 1. The molecule has 8 heteroatoms. The molecule has 0 fully saturated rings. The van der Waals surface area contributed by atoms with Crippen molar-refractivity contribution in [2.75, 3.05) is 0 Å². The van der Waals surface area contributed by atoms with Crippen LogP contribution in [0.1, 0.15) is 0 Å². The summed E-state index contributed by atoms with van der Waals surface area (Å²) in [6.07, 6.45) is 5.90. The first-order valence-corrected chi connectivity index (χ1v) is 8.45. The lowest BCUT2D eigenvalue weighted by Crippen LogP contribution is -1.88. The van der Waals surface area contributed by atoms with Crippen molar-refractivity contribution >= 4 is 22.3 Å². The number of nitrogens with zero attached hydrogens (tertiary/aromatic N) is 7. The summed E-state index contributed by atoms with van der Waals surface area (Å²) in [4.78, 5) is 9.34.